The van der Waals surface area contributed by atoms with Crippen molar-refractivity contribution in [2.45, 2.75) is 12.5 Å². The maximum Gasteiger partial charge on any atom is 0.323 e. The molecule has 0 aliphatic carbocycles. The lowest BCUT2D eigenvalue weighted by atomic mass is 10.0. The van der Waals surface area contributed by atoms with E-state index >= 15 is 0 Å². The average molecular weight is 476 g/mol. The third-order valence-corrected chi connectivity index (χ3v) is 5.50. The summed E-state index contributed by atoms with van der Waals surface area (Å²) >= 11 is 0. The molecule has 2 heterocycles. The minimum atomic E-state index is -0.831. The molecule has 0 bridgehead atoms. The zero-order valence-electron chi connectivity index (χ0n) is 19.2. The van der Waals surface area contributed by atoms with Crippen LogP contribution in [0.4, 0.5) is 5.69 Å². The highest BCUT2D eigenvalue weighted by Gasteiger charge is 2.24. The van der Waals surface area contributed by atoms with E-state index in [4.69, 9.17) is 13.9 Å². The van der Waals surface area contributed by atoms with Crippen molar-refractivity contribution < 1.29 is 28.3 Å². The number of para-hydroxylation sites is 1. The quantitative estimate of drug-likeness (QED) is 0.235. The monoisotopic (exact) mass is 476 g/mol. The van der Waals surface area contributed by atoms with E-state index in [0.29, 0.717) is 22.8 Å². The van der Waals surface area contributed by atoms with E-state index in [1.54, 1.807) is 24.4 Å². The molecule has 2 aromatic carbocycles. The molecule has 10 nitrogen and oxygen atoms in total. The number of methoxy groups -OCH3 is 2. The molecule has 35 heavy (non-hydrogen) atoms. The summed E-state index contributed by atoms with van der Waals surface area (Å²) < 4.78 is 15.5. The number of rotatable bonds is 10. The Kier molecular flexibility index (Phi) is 7.22. The normalized spacial score (nSPS) is 11.7. The van der Waals surface area contributed by atoms with Gasteiger partial charge in [-0.15, -0.1) is 0 Å². The van der Waals surface area contributed by atoms with E-state index in [0.717, 1.165) is 16.5 Å². The SMILES string of the molecule is COC(=O)C(Cc1c[nH]c2ccccc12)NCC(=O)C(=O)Nc1ccc(-c2cnco2)c(OC)c1. The van der Waals surface area contributed by atoms with Gasteiger partial charge in [0.25, 0.3) is 5.91 Å². The van der Waals surface area contributed by atoms with E-state index in [1.165, 1.54) is 20.6 Å². The van der Waals surface area contributed by atoms with Crippen LogP contribution in [-0.4, -0.2) is 54.4 Å². The molecule has 0 spiro atoms. The lowest BCUT2D eigenvalue weighted by Gasteiger charge is -2.16. The van der Waals surface area contributed by atoms with Crippen molar-refractivity contribution in [3.05, 3.63) is 66.8 Å². The van der Waals surface area contributed by atoms with Crippen LogP contribution in [0.3, 0.4) is 0 Å². The number of nitrogens with one attached hydrogen (secondary N) is 3. The lowest BCUT2D eigenvalue weighted by molar-refractivity contribution is -0.143. The molecule has 3 N–H and O–H groups in total. The number of nitrogens with zero attached hydrogens (tertiary/aromatic N) is 1. The molecule has 0 fully saturated rings. The summed E-state index contributed by atoms with van der Waals surface area (Å²) in [6.07, 6.45) is 4.94. The van der Waals surface area contributed by atoms with Gasteiger partial charge in [-0.25, -0.2) is 4.98 Å². The predicted molar refractivity (Wildman–Crippen MR) is 128 cm³/mol. The van der Waals surface area contributed by atoms with Crippen molar-refractivity contribution >= 4 is 34.3 Å². The highest BCUT2D eigenvalue weighted by Crippen LogP contribution is 2.32. The topological polar surface area (TPSA) is 136 Å². The van der Waals surface area contributed by atoms with E-state index in [-0.39, 0.29) is 13.0 Å². The summed E-state index contributed by atoms with van der Waals surface area (Å²) in [5.41, 5.74) is 2.84. The highest BCUT2D eigenvalue weighted by molar-refractivity contribution is 6.41. The number of carbonyl (C=O) groups is 3. The van der Waals surface area contributed by atoms with Gasteiger partial charge in [-0.1, -0.05) is 18.2 Å². The number of aromatic nitrogens is 2. The molecule has 10 heteroatoms. The maximum absolute atomic E-state index is 12.5. The molecular weight excluding hydrogens is 452 g/mol. The molecule has 4 aromatic rings. The molecule has 1 atom stereocenters. The zero-order chi connectivity index (χ0) is 24.8. The Morgan fingerprint density at radius 1 is 1.14 bits per heavy atom. The fourth-order valence-corrected chi connectivity index (χ4v) is 3.72. The first-order valence-corrected chi connectivity index (χ1v) is 10.8. The number of amides is 1. The van der Waals surface area contributed by atoms with Crippen molar-refractivity contribution in [2.24, 2.45) is 0 Å². The molecule has 0 radical (unpaired) electrons. The molecule has 1 amide bonds. The Morgan fingerprint density at radius 3 is 2.71 bits per heavy atom. The minimum Gasteiger partial charge on any atom is -0.496 e. The molecule has 0 aliphatic rings. The van der Waals surface area contributed by atoms with Crippen molar-refractivity contribution in [1.29, 1.82) is 0 Å². The van der Waals surface area contributed by atoms with Crippen LogP contribution in [0.1, 0.15) is 5.56 Å². The summed E-state index contributed by atoms with van der Waals surface area (Å²) in [5, 5.41) is 6.36. The summed E-state index contributed by atoms with van der Waals surface area (Å²) in [5.74, 6) is -1.16. The first kappa shape index (κ1) is 23.7. The number of Topliss-reactive ketones (excluding diaryl/α,β-unsaturated/α-hetero) is 1. The van der Waals surface area contributed by atoms with E-state index in [2.05, 4.69) is 20.6 Å². The molecule has 0 saturated carbocycles. The second kappa shape index (κ2) is 10.7. The Morgan fingerprint density at radius 2 is 1.97 bits per heavy atom. The highest BCUT2D eigenvalue weighted by atomic mass is 16.5. The van der Waals surface area contributed by atoms with Gasteiger partial charge < -0.3 is 24.2 Å². The van der Waals surface area contributed by atoms with Crippen LogP contribution in [-0.2, 0) is 25.5 Å². The summed E-state index contributed by atoms with van der Waals surface area (Å²) in [7, 11) is 2.76. The van der Waals surface area contributed by atoms with Crippen LogP contribution < -0.4 is 15.4 Å². The number of esters is 1. The Labute approximate surface area is 200 Å². The number of carbonyl (C=O) groups excluding carboxylic acids is 3. The van der Waals surface area contributed by atoms with Crippen LogP contribution in [0.2, 0.25) is 0 Å². The zero-order valence-corrected chi connectivity index (χ0v) is 19.2. The standard InChI is InChI=1S/C25H24N4O6/c1-33-22-10-16(7-8-18(22)23-13-26-14-35-23)29-24(31)21(30)12-28-20(25(32)34-2)9-15-11-27-19-6-4-3-5-17(15)19/h3-8,10-11,13-14,20,27-28H,9,12H2,1-2H3,(H,29,31). The third-order valence-electron chi connectivity index (χ3n) is 5.50. The van der Waals surface area contributed by atoms with Gasteiger partial charge in [0.15, 0.2) is 12.2 Å². The molecule has 0 aliphatic heterocycles. The number of hydrogen-bond acceptors (Lipinski definition) is 8. The molecular formula is C25H24N4O6. The number of fused-ring (bicyclic) bond motifs is 1. The molecule has 0 saturated heterocycles. The second-order valence-corrected chi connectivity index (χ2v) is 7.68. The van der Waals surface area contributed by atoms with Crippen molar-refractivity contribution in [3.63, 3.8) is 0 Å². The van der Waals surface area contributed by atoms with E-state index in [9.17, 15) is 14.4 Å². The predicted octanol–water partition coefficient (Wildman–Crippen LogP) is 2.71. The smallest absolute Gasteiger partial charge is 0.323 e. The lowest BCUT2D eigenvalue weighted by Crippen LogP contribution is -2.44. The largest absolute Gasteiger partial charge is 0.496 e. The Hall–Kier alpha value is -4.44. The van der Waals surface area contributed by atoms with Gasteiger partial charge in [0.2, 0.25) is 5.78 Å². The third kappa shape index (κ3) is 5.39. The summed E-state index contributed by atoms with van der Waals surface area (Å²) in [6.45, 7) is -0.346. The maximum atomic E-state index is 12.5. The number of H-pyrrole nitrogens is 1. The van der Waals surface area contributed by atoms with Gasteiger partial charge in [0, 0.05) is 35.3 Å². The van der Waals surface area contributed by atoms with Crippen LogP contribution >= 0.6 is 0 Å². The fourth-order valence-electron chi connectivity index (χ4n) is 3.72. The number of ether oxygens (including phenoxy) is 2. The van der Waals surface area contributed by atoms with Gasteiger partial charge in [0.1, 0.15) is 11.8 Å². The number of ketones is 1. The van der Waals surface area contributed by atoms with Crippen LogP contribution in [0.5, 0.6) is 5.75 Å². The van der Waals surface area contributed by atoms with Gasteiger partial charge in [-0.05, 0) is 23.8 Å². The van der Waals surface area contributed by atoms with Crippen LogP contribution in [0.25, 0.3) is 22.2 Å². The number of benzene rings is 2. The van der Waals surface area contributed by atoms with E-state index < -0.39 is 23.7 Å². The van der Waals surface area contributed by atoms with Gasteiger partial charge in [-0.2, -0.15) is 0 Å². The van der Waals surface area contributed by atoms with E-state index in [1.807, 2.05) is 30.5 Å². The molecule has 4 rings (SSSR count). The minimum absolute atomic E-state index is 0.284. The van der Waals surface area contributed by atoms with Crippen molar-refractivity contribution in [2.75, 3.05) is 26.1 Å². The van der Waals surface area contributed by atoms with Crippen LogP contribution in [0, 0.1) is 0 Å². The first-order chi connectivity index (χ1) is 17.0. The van der Waals surface area contributed by atoms with Gasteiger partial charge >= 0.3 is 5.97 Å². The average Bonchev–Trinajstić information content (AvgIpc) is 3.56. The number of oxazole rings is 1. The summed E-state index contributed by atoms with van der Waals surface area (Å²) in [4.78, 5) is 44.3. The summed E-state index contributed by atoms with van der Waals surface area (Å²) in [6, 6.07) is 11.8. The van der Waals surface area contributed by atoms with Gasteiger partial charge in [-0.3, -0.25) is 19.7 Å². The Balaban J connectivity index is 1.39. The number of hydrogen-bond donors (Lipinski definition) is 3. The molecule has 180 valence electrons. The molecule has 2 aromatic heterocycles. The van der Waals surface area contributed by atoms with Crippen molar-refractivity contribution in [1.82, 2.24) is 15.3 Å². The van der Waals surface area contributed by atoms with Gasteiger partial charge in [0.05, 0.1) is 32.5 Å². The van der Waals surface area contributed by atoms with Crippen LogP contribution in [0.15, 0.2) is 65.7 Å². The second-order valence-electron chi connectivity index (χ2n) is 7.68. The van der Waals surface area contributed by atoms with Crippen molar-refractivity contribution in [3.8, 4) is 17.1 Å². The number of aromatic amines is 1. The number of anilines is 1. The Bertz CT molecular complexity index is 1350. The molecule has 1 unspecified atom stereocenters. The fraction of sp³-hybridized carbons (Fsp3) is 0.200. The first-order valence-electron chi connectivity index (χ1n) is 10.8.